The van der Waals surface area contributed by atoms with E-state index < -0.39 is 29.7 Å². The molecule has 0 spiro atoms. The molecule has 2 aromatic carbocycles. The largest absolute Gasteiger partial charge is 0.573 e. The van der Waals surface area contributed by atoms with Crippen LogP contribution >= 0.6 is 15.9 Å². The summed E-state index contributed by atoms with van der Waals surface area (Å²) in [5.74, 6) is -0.905. The molecule has 3 rings (SSSR count). The zero-order chi connectivity index (χ0) is 19.7. The van der Waals surface area contributed by atoms with Crippen molar-refractivity contribution in [2.75, 3.05) is 6.54 Å². The van der Waals surface area contributed by atoms with Gasteiger partial charge in [-0.3, -0.25) is 5.32 Å². The highest BCUT2D eigenvalue weighted by atomic mass is 79.9. The molecule has 0 saturated carbocycles. The Balaban J connectivity index is 2.04. The first-order valence-electron chi connectivity index (χ1n) is 7.89. The fraction of sp³-hybridized carbons (Fsp3) is 0.222. The molecular weight excluding hydrogens is 432 g/mol. The second-order valence-electron chi connectivity index (χ2n) is 5.88. The first-order chi connectivity index (χ1) is 12.7. The van der Waals surface area contributed by atoms with Crippen LogP contribution in [0.3, 0.4) is 0 Å². The molecule has 2 unspecified atom stereocenters. The minimum atomic E-state index is -4.81. The van der Waals surface area contributed by atoms with Crippen molar-refractivity contribution in [1.29, 1.82) is 0 Å². The van der Waals surface area contributed by atoms with E-state index >= 15 is 0 Å². The Morgan fingerprint density at radius 3 is 2.30 bits per heavy atom. The van der Waals surface area contributed by atoms with Crippen LogP contribution in [0.1, 0.15) is 11.1 Å². The second kappa shape index (κ2) is 7.49. The molecule has 9 heteroatoms. The van der Waals surface area contributed by atoms with Gasteiger partial charge in [-0.2, -0.15) is 0 Å². The molecule has 27 heavy (non-hydrogen) atoms. The van der Waals surface area contributed by atoms with E-state index in [-0.39, 0.29) is 4.47 Å². The average molecular weight is 447 g/mol. The third-order valence-corrected chi connectivity index (χ3v) is 4.73. The molecule has 0 radical (unpaired) electrons. The van der Waals surface area contributed by atoms with Gasteiger partial charge in [-0.15, -0.1) is 13.2 Å². The Labute approximate surface area is 161 Å². The highest BCUT2D eigenvalue weighted by Gasteiger charge is 2.41. The maximum atomic E-state index is 13.6. The van der Waals surface area contributed by atoms with Crippen LogP contribution in [-0.2, 0) is 5.60 Å². The van der Waals surface area contributed by atoms with Crippen LogP contribution in [0.5, 0.6) is 5.75 Å². The van der Waals surface area contributed by atoms with Crippen molar-refractivity contribution in [3.63, 3.8) is 0 Å². The van der Waals surface area contributed by atoms with E-state index in [1.807, 2.05) is 0 Å². The number of rotatable bonds is 4. The molecular formula is C18H15BrF4N2O2. The van der Waals surface area contributed by atoms with Gasteiger partial charge >= 0.3 is 6.36 Å². The Morgan fingerprint density at radius 1 is 1.07 bits per heavy atom. The lowest BCUT2D eigenvalue weighted by atomic mass is 9.83. The standard InChI is InChI=1S/C18H15BrF4N2O2/c19-14-10-12(4-7-15(14)20)17(26,16-24-8-1-9-25-16)11-2-5-13(6-3-11)27-18(21,22)23/h1-8,10,16,24-26H,9H2. The van der Waals surface area contributed by atoms with E-state index in [1.54, 1.807) is 12.3 Å². The van der Waals surface area contributed by atoms with E-state index in [0.29, 0.717) is 17.7 Å². The van der Waals surface area contributed by atoms with Crippen LogP contribution in [0, 0.1) is 5.82 Å². The van der Waals surface area contributed by atoms with Crippen molar-refractivity contribution >= 4 is 15.9 Å². The lowest BCUT2D eigenvalue weighted by Gasteiger charge is -2.39. The van der Waals surface area contributed by atoms with Gasteiger partial charge in [0.1, 0.15) is 23.3 Å². The number of halogens is 5. The second-order valence-corrected chi connectivity index (χ2v) is 6.73. The van der Waals surface area contributed by atoms with Gasteiger partial charge in [0.25, 0.3) is 0 Å². The van der Waals surface area contributed by atoms with Crippen molar-refractivity contribution in [3.05, 3.63) is 76.2 Å². The van der Waals surface area contributed by atoms with Gasteiger partial charge in [-0.05, 0) is 57.5 Å². The SMILES string of the molecule is OC(c1ccc(OC(F)(F)F)cc1)(c1ccc(F)c(Br)c1)C1NC=CCN1. The van der Waals surface area contributed by atoms with Gasteiger partial charge in [-0.25, -0.2) is 4.39 Å². The first kappa shape index (κ1) is 19.7. The predicted molar refractivity (Wildman–Crippen MR) is 94.3 cm³/mol. The van der Waals surface area contributed by atoms with Crippen molar-refractivity contribution in [2.45, 2.75) is 18.1 Å². The highest BCUT2D eigenvalue weighted by molar-refractivity contribution is 9.10. The van der Waals surface area contributed by atoms with Gasteiger partial charge < -0.3 is 15.2 Å². The molecule has 0 aliphatic carbocycles. The van der Waals surface area contributed by atoms with E-state index in [2.05, 4.69) is 31.3 Å². The molecule has 1 aliphatic heterocycles. The summed E-state index contributed by atoms with van der Waals surface area (Å²) in [5.41, 5.74) is -1.05. The minimum absolute atomic E-state index is 0.154. The Hall–Kier alpha value is -2.10. The quantitative estimate of drug-likeness (QED) is 0.626. The normalized spacial score (nSPS) is 19.3. The molecule has 0 saturated heterocycles. The van der Waals surface area contributed by atoms with Crippen LogP contribution in [-0.4, -0.2) is 24.2 Å². The number of alkyl halides is 3. The molecule has 1 aliphatic rings. The molecule has 2 aromatic rings. The third kappa shape index (κ3) is 4.26. The third-order valence-electron chi connectivity index (χ3n) is 4.13. The summed E-state index contributed by atoms with van der Waals surface area (Å²) < 4.78 is 54.8. The predicted octanol–water partition coefficient (Wildman–Crippen LogP) is 3.76. The molecule has 1 heterocycles. The van der Waals surface area contributed by atoms with Gasteiger partial charge in [0.15, 0.2) is 0 Å². The molecule has 0 bridgehead atoms. The zero-order valence-corrected chi connectivity index (χ0v) is 15.3. The monoisotopic (exact) mass is 446 g/mol. The molecule has 4 nitrogen and oxygen atoms in total. The van der Waals surface area contributed by atoms with Crippen molar-refractivity contribution in [3.8, 4) is 5.75 Å². The Bertz CT molecular complexity index is 842. The first-order valence-corrected chi connectivity index (χ1v) is 8.68. The van der Waals surface area contributed by atoms with Crippen molar-refractivity contribution < 1.29 is 27.4 Å². The Morgan fingerprint density at radius 2 is 1.74 bits per heavy atom. The zero-order valence-electron chi connectivity index (χ0n) is 13.7. The maximum absolute atomic E-state index is 13.6. The van der Waals surface area contributed by atoms with Crippen molar-refractivity contribution in [1.82, 2.24) is 10.6 Å². The summed E-state index contributed by atoms with van der Waals surface area (Å²) >= 11 is 3.09. The Kier molecular flexibility index (Phi) is 5.45. The fourth-order valence-electron chi connectivity index (χ4n) is 2.88. The van der Waals surface area contributed by atoms with E-state index in [9.17, 15) is 22.7 Å². The summed E-state index contributed by atoms with van der Waals surface area (Å²) in [4.78, 5) is 0. The smallest absolute Gasteiger partial charge is 0.406 e. The molecule has 3 N–H and O–H groups in total. The van der Waals surface area contributed by atoms with Gasteiger partial charge in [0.05, 0.1) is 4.47 Å². The van der Waals surface area contributed by atoms with Crippen molar-refractivity contribution in [2.24, 2.45) is 0 Å². The number of hydrogen-bond donors (Lipinski definition) is 3. The van der Waals surface area contributed by atoms with Gasteiger partial charge in [-0.1, -0.05) is 24.3 Å². The van der Waals surface area contributed by atoms with Gasteiger partial charge in [0.2, 0.25) is 0 Å². The number of aliphatic hydroxyl groups is 1. The van der Waals surface area contributed by atoms with E-state index in [4.69, 9.17) is 0 Å². The number of benzene rings is 2. The van der Waals surface area contributed by atoms with Gasteiger partial charge in [0, 0.05) is 6.54 Å². The number of ether oxygens (including phenoxy) is 1. The molecule has 0 amide bonds. The average Bonchev–Trinajstić information content (AvgIpc) is 2.63. The summed E-state index contributed by atoms with van der Waals surface area (Å²) in [6, 6.07) is 8.94. The number of hydrogen-bond acceptors (Lipinski definition) is 4. The van der Waals surface area contributed by atoms with Crippen LogP contribution in [0.2, 0.25) is 0 Å². The summed E-state index contributed by atoms with van der Waals surface area (Å²) in [5, 5.41) is 17.6. The summed E-state index contributed by atoms with van der Waals surface area (Å²) in [6.07, 6.45) is -2.05. The van der Waals surface area contributed by atoms with Crippen LogP contribution in [0.25, 0.3) is 0 Å². The summed E-state index contributed by atoms with van der Waals surface area (Å²) in [7, 11) is 0. The number of nitrogens with one attached hydrogen (secondary N) is 2. The van der Waals surface area contributed by atoms with Crippen LogP contribution in [0.4, 0.5) is 17.6 Å². The molecule has 0 aromatic heterocycles. The maximum Gasteiger partial charge on any atom is 0.573 e. The molecule has 144 valence electrons. The fourth-order valence-corrected chi connectivity index (χ4v) is 3.26. The topological polar surface area (TPSA) is 53.5 Å². The highest BCUT2D eigenvalue weighted by Crippen LogP contribution is 2.36. The molecule has 2 atom stereocenters. The van der Waals surface area contributed by atoms with Crippen LogP contribution < -0.4 is 15.4 Å². The minimum Gasteiger partial charge on any atom is -0.406 e. The van der Waals surface area contributed by atoms with E-state index in [0.717, 1.165) is 12.1 Å². The lowest BCUT2D eigenvalue weighted by Crippen LogP contribution is -2.57. The van der Waals surface area contributed by atoms with E-state index in [1.165, 1.54) is 30.3 Å². The van der Waals surface area contributed by atoms with Crippen LogP contribution in [0.15, 0.2) is 59.2 Å². The molecule has 0 fully saturated rings. The lowest BCUT2D eigenvalue weighted by molar-refractivity contribution is -0.274. The summed E-state index contributed by atoms with van der Waals surface area (Å²) in [6.45, 7) is 0.470.